The SMILES string of the molecule is O=C(Cc1cccs1)Nc1nc(CC(=O)N(Cc2ccc(C(=O)NC3CC3)cc2)C2CC2)cs1. The van der Waals surface area contributed by atoms with Gasteiger partial charge in [0.25, 0.3) is 5.91 Å². The number of hydrogen-bond donors (Lipinski definition) is 2. The van der Waals surface area contributed by atoms with Crippen LogP contribution in [0.2, 0.25) is 0 Å². The largest absolute Gasteiger partial charge is 0.349 e. The zero-order valence-electron chi connectivity index (χ0n) is 18.7. The Kier molecular flexibility index (Phi) is 6.73. The fourth-order valence-corrected chi connectivity index (χ4v) is 5.13. The average Bonchev–Trinajstić information content (AvgIpc) is 3.73. The maximum absolute atomic E-state index is 13.1. The van der Waals surface area contributed by atoms with Crippen LogP contribution < -0.4 is 10.6 Å². The highest BCUT2D eigenvalue weighted by atomic mass is 32.1. The van der Waals surface area contributed by atoms with Crippen LogP contribution in [0, 0.1) is 0 Å². The third-order valence-electron chi connectivity index (χ3n) is 5.83. The summed E-state index contributed by atoms with van der Waals surface area (Å²) in [6.07, 6.45) is 4.66. The summed E-state index contributed by atoms with van der Waals surface area (Å²) in [7, 11) is 0. The van der Waals surface area contributed by atoms with Gasteiger partial charge in [-0.15, -0.1) is 22.7 Å². The predicted octanol–water partition coefficient (Wildman–Crippen LogP) is 4.01. The lowest BCUT2D eigenvalue weighted by Crippen LogP contribution is -2.34. The van der Waals surface area contributed by atoms with E-state index in [0.29, 0.717) is 35.4 Å². The number of thiazole rings is 1. The predicted molar refractivity (Wildman–Crippen MR) is 133 cm³/mol. The maximum atomic E-state index is 13.1. The zero-order chi connectivity index (χ0) is 23.5. The smallest absolute Gasteiger partial charge is 0.251 e. The number of carbonyl (C=O) groups is 3. The molecule has 34 heavy (non-hydrogen) atoms. The van der Waals surface area contributed by atoms with E-state index in [1.807, 2.05) is 52.1 Å². The number of carbonyl (C=O) groups excluding carboxylic acids is 3. The molecule has 2 N–H and O–H groups in total. The Morgan fingerprint density at radius 3 is 2.47 bits per heavy atom. The summed E-state index contributed by atoms with van der Waals surface area (Å²) in [6.45, 7) is 0.516. The molecule has 9 heteroatoms. The molecule has 0 aliphatic heterocycles. The molecule has 0 saturated heterocycles. The van der Waals surface area contributed by atoms with Crippen LogP contribution >= 0.6 is 22.7 Å². The molecule has 176 valence electrons. The summed E-state index contributed by atoms with van der Waals surface area (Å²) < 4.78 is 0. The van der Waals surface area contributed by atoms with Gasteiger partial charge < -0.3 is 15.5 Å². The molecule has 2 saturated carbocycles. The quantitative estimate of drug-likeness (QED) is 0.446. The van der Waals surface area contributed by atoms with Crippen LogP contribution in [-0.2, 0) is 29.0 Å². The highest BCUT2D eigenvalue weighted by molar-refractivity contribution is 7.14. The van der Waals surface area contributed by atoms with Crippen molar-refractivity contribution in [3.63, 3.8) is 0 Å². The number of aromatic nitrogens is 1. The molecule has 0 atom stereocenters. The first-order chi connectivity index (χ1) is 16.5. The zero-order valence-corrected chi connectivity index (χ0v) is 20.3. The molecule has 0 spiro atoms. The van der Waals surface area contributed by atoms with Crippen LogP contribution in [0.4, 0.5) is 5.13 Å². The average molecular weight is 495 g/mol. The number of nitrogens with one attached hydrogen (secondary N) is 2. The molecule has 0 bridgehead atoms. The van der Waals surface area contributed by atoms with Crippen molar-refractivity contribution in [1.29, 1.82) is 0 Å². The van der Waals surface area contributed by atoms with Crippen molar-refractivity contribution in [2.45, 2.75) is 57.2 Å². The number of hydrogen-bond acceptors (Lipinski definition) is 6. The normalized spacial score (nSPS) is 15.1. The highest BCUT2D eigenvalue weighted by Gasteiger charge is 2.33. The maximum Gasteiger partial charge on any atom is 0.251 e. The van der Waals surface area contributed by atoms with E-state index in [4.69, 9.17) is 0 Å². The second-order valence-electron chi connectivity index (χ2n) is 8.82. The molecule has 0 unspecified atom stereocenters. The van der Waals surface area contributed by atoms with Crippen LogP contribution in [0.25, 0.3) is 0 Å². The summed E-state index contributed by atoms with van der Waals surface area (Å²) in [6, 6.07) is 11.9. The van der Waals surface area contributed by atoms with Gasteiger partial charge in [-0.05, 0) is 54.8 Å². The van der Waals surface area contributed by atoms with Crippen molar-refractivity contribution in [3.8, 4) is 0 Å². The molecule has 5 rings (SSSR count). The van der Waals surface area contributed by atoms with Gasteiger partial charge in [0.05, 0.1) is 18.5 Å². The minimum absolute atomic E-state index is 0.0276. The molecule has 7 nitrogen and oxygen atoms in total. The fraction of sp³-hybridized carbons (Fsp3) is 0.360. The van der Waals surface area contributed by atoms with E-state index >= 15 is 0 Å². The minimum atomic E-state index is -0.108. The van der Waals surface area contributed by atoms with Crippen LogP contribution in [0.15, 0.2) is 47.2 Å². The van der Waals surface area contributed by atoms with Crippen LogP contribution in [-0.4, -0.2) is 39.7 Å². The van der Waals surface area contributed by atoms with Crippen LogP contribution in [0.1, 0.15) is 52.2 Å². The monoisotopic (exact) mass is 494 g/mol. The molecule has 0 radical (unpaired) electrons. The second kappa shape index (κ2) is 10.1. The molecule has 2 aliphatic carbocycles. The van der Waals surface area contributed by atoms with Gasteiger partial charge in [-0.2, -0.15) is 0 Å². The summed E-state index contributed by atoms with van der Waals surface area (Å²) in [5.41, 5.74) is 2.32. The van der Waals surface area contributed by atoms with Crippen LogP contribution in [0.3, 0.4) is 0 Å². The Balaban J connectivity index is 1.16. The Morgan fingerprint density at radius 2 is 1.79 bits per heavy atom. The Labute approximate surface area is 206 Å². The number of nitrogens with zero attached hydrogens (tertiary/aromatic N) is 2. The molecule has 2 aliphatic rings. The first kappa shape index (κ1) is 22.7. The molecule has 3 aromatic rings. The Bertz CT molecular complexity index is 1170. The van der Waals surface area contributed by atoms with E-state index in [0.717, 1.165) is 36.1 Å². The van der Waals surface area contributed by atoms with Crippen LogP contribution in [0.5, 0.6) is 0 Å². The first-order valence-electron chi connectivity index (χ1n) is 11.5. The van der Waals surface area contributed by atoms with E-state index in [9.17, 15) is 14.4 Å². The van der Waals surface area contributed by atoms with E-state index in [2.05, 4.69) is 15.6 Å². The van der Waals surface area contributed by atoms with Gasteiger partial charge in [-0.1, -0.05) is 18.2 Å². The number of anilines is 1. The summed E-state index contributed by atoms with van der Waals surface area (Å²) in [4.78, 5) is 44.8. The third kappa shape index (κ3) is 6.09. The molecule has 2 aromatic heterocycles. The Hall–Kier alpha value is -3.04. The van der Waals surface area contributed by atoms with Gasteiger partial charge in [-0.3, -0.25) is 14.4 Å². The van der Waals surface area contributed by atoms with Crippen molar-refractivity contribution in [3.05, 3.63) is 68.9 Å². The molecule has 2 fully saturated rings. The van der Waals surface area contributed by atoms with Crippen molar-refractivity contribution >= 4 is 45.5 Å². The van der Waals surface area contributed by atoms with Gasteiger partial charge in [0.1, 0.15) is 0 Å². The van der Waals surface area contributed by atoms with Crippen molar-refractivity contribution in [2.75, 3.05) is 5.32 Å². The number of thiophene rings is 1. The number of benzene rings is 1. The number of rotatable bonds is 10. The molecular weight excluding hydrogens is 468 g/mol. The van der Waals surface area contributed by atoms with E-state index in [1.165, 1.54) is 11.3 Å². The minimum Gasteiger partial charge on any atom is -0.349 e. The van der Waals surface area contributed by atoms with Crippen molar-refractivity contribution in [1.82, 2.24) is 15.2 Å². The molecule has 2 heterocycles. The fourth-order valence-electron chi connectivity index (χ4n) is 3.70. The Morgan fingerprint density at radius 1 is 1.00 bits per heavy atom. The number of amides is 3. The lowest BCUT2D eigenvalue weighted by molar-refractivity contribution is -0.131. The topological polar surface area (TPSA) is 91.4 Å². The first-order valence-corrected chi connectivity index (χ1v) is 13.3. The van der Waals surface area contributed by atoms with Gasteiger partial charge in [0.2, 0.25) is 11.8 Å². The summed E-state index contributed by atoms with van der Waals surface area (Å²) in [5.74, 6) is -0.116. The van der Waals surface area contributed by atoms with E-state index < -0.39 is 0 Å². The van der Waals surface area contributed by atoms with Gasteiger partial charge in [0.15, 0.2) is 5.13 Å². The second-order valence-corrected chi connectivity index (χ2v) is 10.7. The summed E-state index contributed by atoms with van der Waals surface area (Å²) in [5, 5.41) is 10.1. The summed E-state index contributed by atoms with van der Waals surface area (Å²) >= 11 is 2.88. The lowest BCUT2D eigenvalue weighted by atomic mass is 10.1. The van der Waals surface area contributed by atoms with Gasteiger partial charge in [-0.25, -0.2) is 4.98 Å². The molecule has 3 amide bonds. The van der Waals surface area contributed by atoms with E-state index in [1.54, 1.807) is 11.3 Å². The molecular formula is C25H26N4O3S2. The van der Waals surface area contributed by atoms with Crippen molar-refractivity contribution in [2.24, 2.45) is 0 Å². The van der Waals surface area contributed by atoms with E-state index in [-0.39, 0.29) is 30.2 Å². The highest BCUT2D eigenvalue weighted by Crippen LogP contribution is 2.29. The van der Waals surface area contributed by atoms with Gasteiger partial charge in [0, 0.05) is 34.4 Å². The standard InChI is InChI=1S/C25H26N4O3S2/c30-22(13-21-2-1-11-33-21)28-25-27-19(15-34-25)12-23(31)29(20-9-10-20)14-16-3-5-17(6-4-16)24(32)26-18-7-8-18/h1-6,11,15,18,20H,7-10,12-14H2,(H,26,32)(H,27,28,30). The van der Waals surface area contributed by atoms with Crippen molar-refractivity contribution < 1.29 is 14.4 Å². The third-order valence-corrected chi connectivity index (χ3v) is 7.52. The lowest BCUT2D eigenvalue weighted by Gasteiger charge is -2.22. The molecule has 1 aromatic carbocycles. The van der Waals surface area contributed by atoms with Gasteiger partial charge >= 0.3 is 0 Å².